The maximum atomic E-state index is 13.1. The van der Waals surface area contributed by atoms with E-state index in [9.17, 15) is 4.39 Å². The second-order valence-corrected chi connectivity index (χ2v) is 5.36. The minimum atomic E-state index is -0.290. The summed E-state index contributed by atoms with van der Waals surface area (Å²) >= 11 is 1.63. The molecule has 6 heteroatoms. The highest BCUT2D eigenvalue weighted by molar-refractivity contribution is 7.98. The normalized spacial score (nSPS) is 10.7. The van der Waals surface area contributed by atoms with E-state index in [1.807, 2.05) is 30.5 Å². The van der Waals surface area contributed by atoms with E-state index in [2.05, 4.69) is 10.1 Å². The maximum Gasteiger partial charge on any atom is 0.336 e. The van der Waals surface area contributed by atoms with E-state index in [0.717, 1.165) is 16.1 Å². The highest BCUT2D eigenvalue weighted by atomic mass is 32.2. The molecule has 3 rings (SSSR count). The number of hydrogen-bond donors (Lipinski definition) is 0. The average Bonchev–Trinajstić information content (AvgIpc) is 2.99. The van der Waals surface area contributed by atoms with Gasteiger partial charge in [0.05, 0.1) is 12.8 Å². The van der Waals surface area contributed by atoms with E-state index in [0.29, 0.717) is 5.82 Å². The Balaban J connectivity index is 2.19. The van der Waals surface area contributed by atoms with Crippen molar-refractivity contribution in [3.63, 3.8) is 0 Å². The molecule has 0 amide bonds. The van der Waals surface area contributed by atoms with Crippen LogP contribution in [-0.4, -0.2) is 28.1 Å². The molecule has 1 aromatic heterocycles. The van der Waals surface area contributed by atoms with E-state index in [1.165, 1.54) is 19.2 Å². The van der Waals surface area contributed by atoms with Crippen LogP contribution in [-0.2, 0) is 0 Å². The fourth-order valence-corrected chi connectivity index (χ4v) is 2.74. The lowest BCUT2D eigenvalue weighted by Gasteiger charge is -2.08. The van der Waals surface area contributed by atoms with Crippen molar-refractivity contribution >= 4 is 11.8 Å². The zero-order valence-corrected chi connectivity index (χ0v) is 13.0. The molecule has 3 aromatic rings. The van der Waals surface area contributed by atoms with Crippen molar-refractivity contribution < 1.29 is 9.13 Å². The van der Waals surface area contributed by atoms with Crippen LogP contribution in [0, 0.1) is 5.82 Å². The van der Waals surface area contributed by atoms with Crippen LogP contribution in [0.4, 0.5) is 4.39 Å². The molecule has 0 aliphatic heterocycles. The molecule has 0 spiro atoms. The third-order valence-electron chi connectivity index (χ3n) is 3.19. The van der Waals surface area contributed by atoms with Crippen LogP contribution in [0.15, 0.2) is 53.4 Å². The van der Waals surface area contributed by atoms with Gasteiger partial charge >= 0.3 is 6.01 Å². The molecule has 0 aliphatic rings. The van der Waals surface area contributed by atoms with Gasteiger partial charge in [0.15, 0.2) is 5.82 Å². The van der Waals surface area contributed by atoms with Crippen molar-refractivity contribution in [3.05, 3.63) is 54.3 Å². The van der Waals surface area contributed by atoms with Gasteiger partial charge in [-0.3, -0.25) is 0 Å². The SMILES string of the molecule is COc1nc(-c2ccccc2SC)n(-c2ccc(F)cc2)n1. The molecule has 112 valence electrons. The Hall–Kier alpha value is -2.34. The summed E-state index contributed by atoms with van der Waals surface area (Å²) in [5, 5.41) is 4.33. The van der Waals surface area contributed by atoms with Crippen molar-refractivity contribution in [2.24, 2.45) is 0 Å². The number of nitrogens with zero attached hydrogens (tertiary/aromatic N) is 3. The lowest BCUT2D eigenvalue weighted by molar-refractivity contribution is 0.380. The van der Waals surface area contributed by atoms with Gasteiger partial charge in [-0.1, -0.05) is 18.2 Å². The summed E-state index contributed by atoms with van der Waals surface area (Å²) in [4.78, 5) is 5.51. The van der Waals surface area contributed by atoms with Gasteiger partial charge in [0.2, 0.25) is 0 Å². The Morgan fingerprint density at radius 3 is 2.50 bits per heavy atom. The summed E-state index contributed by atoms with van der Waals surface area (Å²) in [5.74, 6) is 0.371. The van der Waals surface area contributed by atoms with Gasteiger partial charge in [-0.2, -0.15) is 4.98 Å². The summed E-state index contributed by atoms with van der Waals surface area (Å²) in [6.07, 6.45) is 2.01. The Morgan fingerprint density at radius 1 is 1.09 bits per heavy atom. The zero-order valence-electron chi connectivity index (χ0n) is 12.2. The van der Waals surface area contributed by atoms with E-state index in [4.69, 9.17) is 4.74 Å². The van der Waals surface area contributed by atoms with Crippen LogP contribution in [0.3, 0.4) is 0 Å². The van der Waals surface area contributed by atoms with E-state index < -0.39 is 0 Å². The highest BCUT2D eigenvalue weighted by Gasteiger charge is 2.16. The molecular formula is C16H14FN3OS. The van der Waals surface area contributed by atoms with Crippen LogP contribution >= 0.6 is 11.8 Å². The Kier molecular flexibility index (Phi) is 4.11. The van der Waals surface area contributed by atoms with Crippen LogP contribution < -0.4 is 4.74 Å². The topological polar surface area (TPSA) is 39.9 Å². The maximum absolute atomic E-state index is 13.1. The van der Waals surface area contributed by atoms with Gasteiger partial charge in [-0.05, 0) is 36.6 Å². The number of ether oxygens (including phenoxy) is 1. The third kappa shape index (κ3) is 2.69. The molecular weight excluding hydrogens is 301 g/mol. The summed E-state index contributed by atoms with van der Waals surface area (Å²) in [5.41, 5.74) is 1.68. The number of halogens is 1. The Bertz CT molecular complexity index is 786. The zero-order chi connectivity index (χ0) is 15.5. The van der Waals surface area contributed by atoms with Crippen molar-refractivity contribution in [2.75, 3.05) is 13.4 Å². The molecule has 0 saturated carbocycles. The Labute approximate surface area is 132 Å². The lowest BCUT2D eigenvalue weighted by atomic mass is 10.2. The predicted molar refractivity (Wildman–Crippen MR) is 85.1 cm³/mol. The fourth-order valence-electron chi connectivity index (χ4n) is 2.15. The summed E-state index contributed by atoms with van der Waals surface area (Å²) in [7, 11) is 1.52. The monoisotopic (exact) mass is 315 g/mol. The number of thioether (sulfide) groups is 1. The highest BCUT2D eigenvalue weighted by Crippen LogP contribution is 2.31. The predicted octanol–water partition coefficient (Wildman–Crippen LogP) is 3.80. The summed E-state index contributed by atoms with van der Waals surface area (Å²) < 4.78 is 20.0. The largest absolute Gasteiger partial charge is 0.466 e. The number of hydrogen-bond acceptors (Lipinski definition) is 4. The number of rotatable bonds is 4. The molecule has 0 N–H and O–H groups in total. The quantitative estimate of drug-likeness (QED) is 0.687. The first kappa shape index (κ1) is 14.6. The third-order valence-corrected chi connectivity index (χ3v) is 3.99. The van der Waals surface area contributed by atoms with Crippen molar-refractivity contribution in [3.8, 4) is 23.1 Å². The van der Waals surface area contributed by atoms with Gasteiger partial charge < -0.3 is 4.74 Å². The first-order chi connectivity index (χ1) is 10.7. The molecule has 1 heterocycles. The second-order valence-electron chi connectivity index (χ2n) is 4.51. The molecule has 0 atom stereocenters. The van der Waals surface area contributed by atoms with Gasteiger partial charge in [0, 0.05) is 10.5 Å². The van der Waals surface area contributed by atoms with E-state index in [-0.39, 0.29) is 11.8 Å². The standard InChI is InChI=1S/C16H14FN3OS/c1-21-16-18-15(13-5-3-4-6-14(13)22-2)20(19-16)12-9-7-11(17)8-10-12/h3-10H,1-2H3. The number of methoxy groups -OCH3 is 1. The molecule has 0 saturated heterocycles. The van der Waals surface area contributed by atoms with E-state index in [1.54, 1.807) is 28.6 Å². The molecule has 0 aliphatic carbocycles. The van der Waals surface area contributed by atoms with Crippen molar-refractivity contribution in [2.45, 2.75) is 4.90 Å². The summed E-state index contributed by atoms with van der Waals surface area (Å²) in [6.45, 7) is 0. The van der Waals surface area contributed by atoms with E-state index >= 15 is 0 Å². The van der Waals surface area contributed by atoms with Gasteiger partial charge in [-0.15, -0.1) is 16.9 Å². The first-order valence-corrected chi connectivity index (χ1v) is 7.86. The molecule has 0 radical (unpaired) electrons. The average molecular weight is 315 g/mol. The molecule has 2 aromatic carbocycles. The minimum Gasteiger partial charge on any atom is -0.466 e. The molecule has 4 nitrogen and oxygen atoms in total. The fraction of sp³-hybridized carbons (Fsp3) is 0.125. The second kappa shape index (κ2) is 6.19. The summed E-state index contributed by atoms with van der Waals surface area (Å²) in [6, 6.07) is 14.3. The Morgan fingerprint density at radius 2 is 1.82 bits per heavy atom. The van der Waals surface area contributed by atoms with Crippen molar-refractivity contribution in [1.82, 2.24) is 14.8 Å². The van der Waals surface area contributed by atoms with Crippen LogP contribution in [0.1, 0.15) is 0 Å². The first-order valence-electron chi connectivity index (χ1n) is 6.63. The van der Waals surface area contributed by atoms with Gasteiger partial charge in [-0.25, -0.2) is 9.07 Å². The molecule has 0 fully saturated rings. The molecule has 0 unspecified atom stereocenters. The van der Waals surface area contributed by atoms with Crippen molar-refractivity contribution in [1.29, 1.82) is 0 Å². The number of benzene rings is 2. The van der Waals surface area contributed by atoms with Crippen LogP contribution in [0.25, 0.3) is 17.1 Å². The van der Waals surface area contributed by atoms with Crippen LogP contribution in [0.5, 0.6) is 6.01 Å². The smallest absolute Gasteiger partial charge is 0.336 e. The molecule has 0 bridgehead atoms. The van der Waals surface area contributed by atoms with Crippen LogP contribution in [0.2, 0.25) is 0 Å². The minimum absolute atomic E-state index is 0.273. The lowest BCUT2D eigenvalue weighted by Crippen LogP contribution is -2.00. The van der Waals surface area contributed by atoms with Gasteiger partial charge in [0.25, 0.3) is 0 Å². The number of aromatic nitrogens is 3. The van der Waals surface area contributed by atoms with Gasteiger partial charge in [0.1, 0.15) is 5.82 Å². The molecule has 22 heavy (non-hydrogen) atoms.